The zero-order valence-electron chi connectivity index (χ0n) is 11.8. The summed E-state index contributed by atoms with van der Waals surface area (Å²) in [6.45, 7) is 3.66. The van der Waals surface area contributed by atoms with E-state index in [9.17, 15) is 4.79 Å². The molecule has 4 nitrogen and oxygen atoms in total. The van der Waals surface area contributed by atoms with Crippen LogP contribution in [0.5, 0.6) is 5.75 Å². The fourth-order valence-corrected chi connectivity index (χ4v) is 2.41. The van der Waals surface area contributed by atoms with Gasteiger partial charge in [0, 0.05) is 49.6 Å². The Balaban J connectivity index is 2.90. The minimum atomic E-state index is -0.0977. The van der Waals surface area contributed by atoms with Gasteiger partial charge in [0.25, 0.3) is 0 Å². The van der Waals surface area contributed by atoms with Gasteiger partial charge in [-0.3, -0.25) is 9.69 Å². The van der Waals surface area contributed by atoms with Gasteiger partial charge in [0.2, 0.25) is 5.91 Å². The summed E-state index contributed by atoms with van der Waals surface area (Å²) < 4.78 is 5.36. The molecule has 0 aliphatic rings. The normalized spacial score (nSPS) is 10.7. The highest BCUT2D eigenvalue weighted by Crippen LogP contribution is 2.24. The van der Waals surface area contributed by atoms with E-state index >= 15 is 0 Å². The minimum absolute atomic E-state index is 0.0977. The molecule has 1 N–H and O–H groups in total. The summed E-state index contributed by atoms with van der Waals surface area (Å²) in [7, 11) is 1.63. The van der Waals surface area contributed by atoms with Crippen LogP contribution in [0.25, 0.3) is 0 Å². The fourth-order valence-electron chi connectivity index (χ4n) is 1.93. The summed E-state index contributed by atoms with van der Waals surface area (Å²) in [6.07, 6.45) is 0. The third-order valence-electron chi connectivity index (χ3n) is 2.80. The molecule has 112 valence electrons. The van der Waals surface area contributed by atoms with Gasteiger partial charge in [-0.1, -0.05) is 0 Å². The number of nitrogens with one attached hydrogen (secondary N) is 1. The number of hydrogen-bond acceptors (Lipinski definition) is 3. The first-order valence-corrected chi connectivity index (χ1v) is 7.46. The van der Waals surface area contributed by atoms with Crippen molar-refractivity contribution in [2.45, 2.75) is 13.5 Å². The summed E-state index contributed by atoms with van der Waals surface area (Å²) in [6, 6.07) is 5.58. The van der Waals surface area contributed by atoms with E-state index in [4.69, 9.17) is 27.9 Å². The van der Waals surface area contributed by atoms with Gasteiger partial charge in [0.15, 0.2) is 0 Å². The molecule has 0 unspecified atom stereocenters. The van der Waals surface area contributed by atoms with Crippen molar-refractivity contribution in [3.05, 3.63) is 23.8 Å². The first-order chi connectivity index (χ1) is 9.60. The second-order valence-electron chi connectivity index (χ2n) is 4.36. The number of hydrogen-bond donors (Lipinski definition) is 1. The Morgan fingerprint density at radius 1 is 1.30 bits per heavy atom. The van der Waals surface area contributed by atoms with E-state index in [2.05, 4.69) is 10.2 Å². The summed E-state index contributed by atoms with van der Waals surface area (Å²) in [5, 5.41) is 2.77. The van der Waals surface area contributed by atoms with Crippen LogP contribution in [0.3, 0.4) is 0 Å². The summed E-state index contributed by atoms with van der Waals surface area (Å²) in [5.41, 5.74) is 1.75. The lowest BCUT2D eigenvalue weighted by Gasteiger charge is -2.21. The summed E-state index contributed by atoms with van der Waals surface area (Å²) >= 11 is 11.6. The Bertz CT molecular complexity index is 435. The Morgan fingerprint density at radius 2 is 1.95 bits per heavy atom. The molecule has 0 atom stereocenters. The number of ether oxygens (including phenoxy) is 1. The van der Waals surface area contributed by atoms with Gasteiger partial charge in [-0.05, 0) is 18.2 Å². The molecule has 0 aliphatic heterocycles. The Kier molecular flexibility index (Phi) is 7.73. The molecule has 0 aliphatic carbocycles. The number of benzene rings is 1. The Morgan fingerprint density at radius 3 is 2.45 bits per heavy atom. The second-order valence-corrected chi connectivity index (χ2v) is 5.12. The topological polar surface area (TPSA) is 41.6 Å². The number of nitrogens with zero attached hydrogens (tertiary/aromatic N) is 1. The molecule has 0 radical (unpaired) electrons. The van der Waals surface area contributed by atoms with Crippen molar-refractivity contribution in [2.75, 3.05) is 37.3 Å². The molecule has 1 aromatic rings. The van der Waals surface area contributed by atoms with E-state index in [-0.39, 0.29) is 5.91 Å². The van der Waals surface area contributed by atoms with Gasteiger partial charge in [-0.2, -0.15) is 0 Å². The number of carbonyl (C=O) groups is 1. The average molecular weight is 319 g/mol. The predicted octanol–water partition coefficient (Wildman–Crippen LogP) is 2.93. The number of carbonyl (C=O) groups excluding carboxylic acids is 1. The van der Waals surface area contributed by atoms with Crippen LogP contribution >= 0.6 is 23.2 Å². The van der Waals surface area contributed by atoms with E-state index in [0.717, 1.165) is 30.1 Å². The molecule has 1 amide bonds. The summed E-state index contributed by atoms with van der Waals surface area (Å²) in [5.74, 6) is 1.78. The predicted molar refractivity (Wildman–Crippen MR) is 84.0 cm³/mol. The lowest BCUT2D eigenvalue weighted by molar-refractivity contribution is -0.114. The molecule has 0 spiro atoms. The molecule has 0 fully saturated rings. The fraction of sp³-hybridized carbons (Fsp3) is 0.500. The molecule has 0 saturated carbocycles. The lowest BCUT2D eigenvalue weighted by atomic mass is 10.1. The van der Waals surface area contributed by atoms with Gasteiger partial charge < -0.3 is 10.1 Å². The van der Waals surface area contributed by atoms with Crippen molar-refractivity contribution >= 4 is 34.8 Å². The zero-order chi connectivity index (χ0) is 15.0. The van der Waals surface area contributed by atoms with Crippen molar-refractivity contribution in [1.82, 2.24) is 4.90 Å². The quantitative estimate of drug-likeness (QED) is 0.749. The number of halogens is 2. The molecule has 20 heavy (non-hydrogen) atoms. The van der Waals surface area contributed by atoms with E-state index in [1.165, 1.54) is 6.92 Å². The number of rotatable bonds is 8. The molecule has 1 aromatic carbocycles. The third kappa shape index (κ3) is 5.57. The highest BCUT2D eigenvalue weighted by atomic mass is 35.5. The average Bonchev–Trinajstić information content (AvgIpc) is 2.39. The SMILES string of the molecule is COc1ccc(NC(C)=O)cc1CN(CCCl)CCCl. The maximum Gasteiger partial charge on any atom is 0.221 e. The first kappa shape index (κ1) is 17.1. The zero-order valence-corrected chi connectivity index (χ0v) is 13.3. The largest absolute Gasteiger partial charge is 0.496 e. The molecular formula is C14H20Cl2N2O2. The van der Waals surface area contributed by atoms with Crippen molar-refractivity contribution in [2.24, 2.45) is 0 Å². The van der Waals surface area contributed by atoms with E-state index in [1.807, 2.05) is 18.2 Å². The second kappa shape index (κ2) is 9.06. The van der Waals surface area contributed by atoms with Crippen molar-refractivity contribution < 1.29 is 9.53 Å². The number of methoxy groups -OCH3 is 1. The molecule has 1 rings (SSSR count). The van der Waals surface area contributed by atoms with Gasteiger partial charge >= 0.3 is 0 Å². The molecule has 6 heteroatoms. The number of anilines is 1. The Labute approximate surface area is 130 Å². The van der Waals surface area contributed by atoms with E-state index < -0.39 is 0 Å². The Hall–Kier alpha value is -0.970. The highest BCUT2D eigenvalue weighted by molar-refractivity contribution is 6.18. The van der Waals surface area contributed by atoms with E-state index in [0.29, 0.717) is 18.3 Å². The van der Waals surface area contributed by atoms with Crippen LogP contribution in [0, 0.1) is 0 Å². The van der Waals surface area contributed by atoms with Crippen LogP contribution in [0.4, 0.5) is 5.69 Å². The van der Waals surface area contributed by atoms with Gasteiger partial charge in [0.1, 0.15) is 5.75 Å². The molecule has 0 heterocycles. The van der Waals surface area contributed by atoms with Crippen molar-refractivity contribution in [3.8, 4) is 5.75 Å². The van der Waals surface area contributed by atoms with Crippen LogP contribution in [-0.4, -0.2) is 42.8 Å². The van der Waals surface area contributed by atoms with Crippen molar-refractivity contribution in [1.29, 1.82) is 0 Å². The van der Waals surface area contributed by atoms with Crippen LogP contribution in [0.1, 0.15) is 12.5 Å². The van der Waals surface area contributed by atoms with Crippen LogP contribution in [-0.2, 0) is 11.3 Å². The van der Waals surface area contributed by atoms with Gasteiger partial charge in [0.05, 0.1) is 7.11 Å². The van der Waals surface area contributed by atoms with Gasteiger partial charge in [-0.25, -0.2) is 0 Å². The molecule has 0 saturated heterocycles. The molecular weight excluding hydrogens is 299 g/mol. The maximum atomic E-state index is 11.1. The van der Waals surface area contributed by atoms with Crippen LogP contribution in [0.15, 0.2) is 18.2 Å². The van der Waals surface area contributed by atoms with Crippen molar-refractivity contribution in [3.63, 3.8) is 0 Å². The summed E-state index contributed by atoms with van der Waals surface area (Å²) in [4.78, 5) is 13.3. The van der Waals surface area contributed by atoms with Gasteiger partial charge in [-0.15, -0.1) is 23.2 Å². The monoisotopic (exact) mass is 318 g/mol. The lowest BCUT2D eigenvalue weighted by Crippen LogP contribution is -2.27. The third-order valence-corrected chi connectivity index (χ3v) is 3.13. The highest BCUT2D eigenvalue weighted by Gasteiger charge is 2.10. The standard InChI is InChI=1S/C14H20Cl2N2O2/c1-11(19)17-13-3-4-14(20-2)12(9-13)10-18(7-5-15)8-6-16/h3-4,9H,5-8,10H2,1-2H3,(H,17,19). The van der Waals surface area contributed by atoms with Crippen LogP contribution in [0.2, 0.25) is 0 Å². The first-order valence-electron chi connectivity index (χ1n) is 6.39. The molecule has 0 bridgehead atoms. The number of alkyl halides is 2. The smallest absolute Gasteiger partial charge is 0.221 e. The van der Waals surface area contributed by atoms with Crippen LogP contribution < -0.4 is 10.1 Å². The molecule has 0 aromatic heterocycles. The maximum absolute atomic E-state index is 11.1. The number of amides is 1. The van der Waals surface area contributed by atoms with E-state index in [1.54, 1.807) is 7.11 Å². The minimum Gasteiger partial charge on any atom is -0.496 e.